The summed E-state index contributed by atoms with van der Waals surface area (Å²) in [5, 5.41) is 0. The number of carbonyl (C=O) groups is 1. The highest BCUT2D eigenvalue weighted by Gasteiger charge is 2.11. The molecule has 1 heterocycles. The molecule has 14 heavy (non-hydrogen) atoms. The predicted molar refractivity (Wildman–Crippen MR) is 53.3 cm³/mol. The van der Waals surface area contributed by atoms with E-state index in [4.69, 9.17) is 4.74 Å². The Morgan fingerprint density at radius 2 is 2.36 bits per heavy atom. The van der Waals surface area contributed by atoms with Crippen LogP contribution in [0.5, 0.6) is 0 Å². The summed E-state index contributed by atoms with van der Waals surface area (Å²) in [6.07, 6.45) is 4.46. The van der Waals surface area contributed by atoms with Gasteiger partial charge in [0.2, 0.25) is 5.78 Å². The molecular weight excluding hydrogens is 180 g/mol. The first kappa shape index (κ1) is 10.9. The van der Waals surface area contributed by atoms with Gasteiger partial charge in [-0.05, 0) is 13.3 Å². The van der Waals surface area contributed by atoms with Crippen LogP contribution in [0.15, 0.2) is 12.4 Å². The molecule has 0 fully saturated rings. The zero-order valence-electron chi connectivity index (χ0n) is 8.69. The number of nitrogens with zero attached hydrogens (tertiary/aromatic N) is 2. The summed E-state index contributed by atoms with van der Waals surface area (Å²) in [7, 11) is 0. The second kappa shape index (κ2) is 5.54. The Kier molecular flexibility index (Phi) is 4.32. The number of ether oxygens (including phenoxy) is 1. The highest BCUT2D eigenvalue weighted by molar-refractivity contribution is 5.93. The fourth-order valence-electron chi connectivity index (χ4n) is 1.24. The lowest BCUT2D eigenvalue weighted by molar-refractivity contribution is 0.0768. The fraction of sp³-hybridized carbons (Fsp3) is 0.600. The van der Waals surface area contributed by atoms with Crippen LogP contribution in [-0.4, -0.2) is 28.5 Å². The van der Waals surface area contributed by atoms with Gasteiger partial charge in [0.25, 0.3) is 0 Å². The molecular formula is C10H16N2O2. The third kappa shape index (κ3) is 2.67. The molecule has 0 bridgehead atoms. The van der Waals surface area contributed by atoms with Crippen LogP contribution in [0.2, 0.25) is 0 Å². The van der Waals surface area contributed by atoms with E-state index in [0.717, 1.165) is 13.0 Å². The second-order valence-electron chi connectivity index (χ2n) is 3.00. The molecule has 1 aromatic rings. The zero-order valence-corrected chi connectivity index (χ0v) is 8.69. The maximum Gasteiger partial charge on any atom is 0.223 e. The van der Waals surface area contributed by atoms with Crippen LogP contribution in [0, 0.1) is 0 Å². The van der Waals surface area contributed by atoms with Crippen molar-refractivity contribution in [3.63, 3.8) is 0 Å². The average Bonchev–Trinajstić information content (AvgIpc) is 2.63. The lowest BCUT2D eigenvalue weighted by atomic mass is 10.3. The molecule has 0 N–H and O–H groups in total. The number of aromatic nitrogens is 2. The van der Waals surface area contributed by atoms with Crippen LogP contribution in [0.3, 0.4) is 0 Å². The van der Waals surface area contributed by atoms with Crippen LogP contribution >= 0.6 is 0 Å². The Morgan fingerprint density at radius 1 is 1.57 bits per heavy atom. The molecule has 0 aliphatic carbocycles. The van der Waals surface area contributed by atoms with Gasteiger partial charge >= 0.3 is 0 Å². The number of Topliss-reactive ketones (excluding diaryl/α,β-unsaturated/α-hetero) is 1. The van der Waals surface area contributed by atoms with Gasteiger partial charge in [0.1, 0.15) is 6.61 Å². The Morgan fingerprint density at radius 3 is 3.00 bits per heavy atom. The maximum atomic E-state index is 11.6. The summed E-state index contributed by atoms with van der Waals surface area (Å²) in [6.45, 7) is 5.44. The number of aryl methyl sites for hydroxylation is 1. The summed E-state index contributed by atoms with van der Waals surface area (Å²) in [4.78, 5) is 15.6. The highest BCUT2D eigenvalue weighted by Crippen LogP contribution is 2.00. The molecule has 0 spiro atoms. The van der Waals surface area contributed by atoms with Crippen molar-refractivity contribution < 1.29 is 9.53 Å². The first-order valence-corrected chi connectivity index (χ1v) is 4.91. The number of rotatable bonds is 6. The maximum absolute atomic E-state index is 11.6. The molecule has 0 aromatic carbocycles. The number of hydrogen-bond donors (Lipinski definition) is 0. The number of ketones is 1. The third-order valence-electron chi connectivity index (χ3n) is 1.87. The lowest BCUT2D eigenvalue weighted by Crippen LogP contribution is -2.15. The largest absolute Gasteiger partial charge is 0.373 e. The molecule has 78 valence electrons. The average molecular weight is 196 g/mol. The molecule has 0 atom stereocenters. The van der Waals surface area contributed by atoms with Gasteiger partial charge < -0.3 is 9.30 Å². The smallest absolute Gasteiger partial charge is 0.223 e. The van der Waals surface area contributed by atoms with E-state index in [2.05, 4.69) is 11.9 Å². The topological polar surface area (TPSA) is 44.1 Å². The lowest BCUT2D eigenvalue weighted by Gasteiger charge is -2.04. The van der Waals surface area contributed by atoms with Crippen LogP contribution in [0.1, 0.15) is 30.9 Å². The molecule has 4 nitrogen and oxygen atoms in total. The Balaban J connectivity index is 2.63. The third-order valence-corrected chi connectivity index (χ3v) is 1.87. The summed E-state index contributed by atoms with van der Waals surface area (Å²) >= 11 is 0. The van der Waals surface area contributed by atoms with E-state index in [1.165, 1.54) is 0 Å². The normalized spacial score (nSPS) is 10.4. The molecule has 4 heteroatoms. The van der Waals surface area contributed by atoms with Crippen molar-refractivity contribution in [3.8, 4) is 0 Å². The highest BCUT2D eigenvalue weighted by atomic mass is 16.5. The van der Waals surface area contributed by atoms with E-state index in [1.807, 2.05) is 17.7 Å². The molecule has 0 radical (unpaired) electrons. The fourth-order valence-corrected chi connectivity index (χ4v) is 1.24. The van der Waals surface area contributed by atoms with Crippen LogP contribution in [0.4, 0.5) is 0 Å². The van der Waals surface area contributed by atoms with Crippen LogP contribution in [0.25, 0.3) is 0 Å². The summed E-state index contributed by atoms with van der Waals surface area (Å²) < 4.78 is 6.91. The van der Waals surface area contributed by atoms with Gasteiger partial charge in [-0.15, -0.1) is 0 Å². The van der Waals surface area contributed by atoms with Crippen molar-refractivity contribution >= 4 is 5.78 Å². The Bertz CT molecular complexity index is 294. The van der Waals surface area contributed by atoms with E-state index >= 15 is 0 Å². The number of imidazole rings is 1. The van der Waals surface area contributed by atoms with Gasteiger partial charge in [-0.25, -0.2) is 4.98 Å². The summed E-state index contributed by atoms with van der Waals surface area (Å²) in [5.41, 5.74) is 0. The minimum absolute atomic E-state index is 0.0506. The first-order valence-electron chi connectivity index (χ1n) is 4.91. The van der Waals surface area contributed by atoms with Gasteiger partial charge in [0.15, 0.2) is 5.82 Å². The van der Waals surface area contributed by atoms with Gasteiger partial charge in [-0.1, -0.05) is 6.92 Å². The summed E-state index contributed by atoms with van der Waals surface area (Å²) in [5.74, 6) is 0.450. The van der Waals surface area contributed by atoms with Crippen molar-refractivity contribution in [3.05, 3.63) is 18.2 Å². The van der Waals surface area contributed by atoms with E-state index < -0.39 is 0 Å². The molecule has 1 aromatic heterocycles. The molecule has 1 rings (SSSR count). The van der Waals surface area contributed by atoms with E-state index in [0.29, 0.717) is 12.4 Å². The van der Waals surface area contributed by atoms with Crippen molar-refractivity contribution in [2.24, 2.45) is 0 Å². The van der Waals surface area contributed by atoms with Crippen LogP contribution < -0.4 is 0 Å². The summed E-state index contributed by atoms with van der Waals surface area (Å²) in [6, 6.07) is 0. The van der Waals surface area contributed by atoms with Crippen molar-refractivity contribution in [1.82, 2.24) is 9.55 Å². The second-order valence-corrected chi connectivity index (χ2v) is 3.00. The molecule has 0 unspecified atom stereocenters. The first-order chi connectivity index (χ1) is 6.79. The van der Waals surface area contributed by atoms with Gasteiger partial charge in [-0.3, -0.25) is 4.79 Å². The Labute approximate surface area is 83.9 Å². The number of hydrogen-bond acceptors (Lipinski definition) is 3. The molecule has 0 amide bonds. The van der Waals surface area contributed by atoms with Crippen molar-refractivity contribution in [2.45, 2.75) is 26.8 Å². The van der Waals surface area contributed by atoms with Gasteiger partial charge in [-0.2, -0.15) is 0 Å². The van der Waals surface area contributed by atoms with Crippen molar-refractivity contribution in [1.29, 1.82) is 0 Å². The van der Waals surface area contributed by atoms with Crippen molar-refractivity contribution in [2.75, 3.05) is 13.2 Å². The Hall–Kier alpha value is -1.16. The predicted octanol–water partition coefficient (Wildman–Crippen LogP) is 1.51. The zero-order chi connectivity index (χ0) is 10.4. The van der Waals surface area contributed by atoms with E-state index in [1.54, 1.807) is 6.20 Å². The monoisotopic (exact) mass is 196 g/mol. The SMILES string of the molecule is CCCn1ccnc1C(=O)COCC. The molecule has 0 aliphatic heterocycles. The van der Waals surface area contributed by atoms with Gasteiger partial charge in [0, 0.05) is 25.5 Å². The molecule has 0 aliphatic rings. The number of carbonyl (C=O) groups excluding carboxylic acids is 1. The van der Waals surface area contributed by atoms with Gasteiger partial charge in [0.05, 0.1) is 0 Å². The standard InChI is InChI=1S/C10H16N2O2/c1-3-6-12-7-5-11-10(12)9(13)8-14-4-2/h5,7H,3-4,6,8H2,1-2H3. The quantitative estimate of drug-likeness (QED) is 0.648. The van der Waals surface area contributed by atoms with Crippen LogP contribution in [-0.2, 0) is 11.3 Å². The minimum Gasteiger partial charge on any atom is -0.373 e. The van der Waals surface area contributed by atoms with E-state index in [9.17, 15) is 4.79 Å². The minimum atomic E-state index is -0.0506. The van der Waals surface area contributed by atoms with E-state index in [-0.39, 0.29) is 12.4 Å². The molecule has 0 saturated heterocycles. The molecule has 0 saturated carbocycles.